The highest BCUT2D eigenvalue weighted by Gasteiger charge is 2.20. The average molecular weight is 784 g/mol. The van der Waals surface area contributed by atoms with Gasteiger partial charge in [-0.1, -0.05) is 0 Å². The number of aryl methyl sites for hydroxylation is 5. The minimum absolute atomic E-state index is 0.0284. The first-order chi connectivity index (χ1) is 27.0. The van der Waals surface area contributed by atoms with Crippen LogP contribution in [0.3, 0.4) is 0 Å². The number of hydrogen-bond donors (Lipinski definition) is 7. The topological polar surface area (TPSA) is 262 Å². The molecule has 0 fully saturated rings. The lowest BCUT2D eigenvalue weighted by atomic mass is 10.3. The molecule has 0 aliphatic rings. The van der Waals surface area contributed by atoms with Crippen LogP contribution in [0, 0.1) is 0 Å². The number of carbonyl (C=O) groups excluding carboxylic acids is 6. The fraction of sp³-hybridized carbons (Fsp3) is 0.250. The van der Waals surface area contributed by atoms with Gasteiger partial charge in [0, 0.05) is 97.9 Å². The summed E-state index contributed by atoms with van der Waals surface area (Å²) >= 11 is 0. The van der Waals surface area contributed by atoms with E-state index in [1.54, 1.807) is 69.0 Å². The van der Waals surface area contributed by atoms with E-state index in [9.17, 15) is 33.6 Å². The Morgan fingerprint density at radius 3 is 1.65 bits per heavy atom. The average Bonchev–Trinajstić information content (AvgIpc) is 3.94. The number of nitrogens with zero attached hydrogens (tertiary/aromatic N) is 7. The van der Waals surface area contributed by atoms with Gasteiger partial charge >= 0.3 is 5.97 Å². The normalized spacial score (nSPS) is 11.0. The van der Waals surface area contributed by atoms with Crippen molar-refractivity contribution < 1.29 is 38.7 Å². The summed E-state index contributed by atoms with van der Waals surface area (Å²) < 4.78 is 7.61. The third-order valence-corrected chi connectivity index (χ3v) is 8.29. The molecule has 5 rings (SSSR count). The molecule has 0 aliphatic carbocycles. The number of amides is 6. The van der Waals surface area contributed by atoms with Gasteiger partial charge in [-0.3, -0.25) is 28.8 Å². The molecule has 57 heavy (non-hydrogen) atoms. The van der Waals surface area contributed by atoms with Crippen molar-refractivity contribution in [3.05, 3.63) is 84.0 Å². The molecule has 0 unspecified atom stereocenters. The molecule has 0 saturated carbocycles. The van der Waals surface area contributed by atoms with Crippen molar-refractivity contribution in [3.8, 4) is 0 Å². The molecule has 7 N–H and O–H groups in total. The van der Waals surface area contributed by atoms with Crippen LogP contribution >= 0.6 is 0 Å². The number of nitrogens with one attached hydrogen (secondary N) is 6. The summed E-state index contributed by atoms with van der Waals surface area (Å²) in [6, 6.07) is 4.58. The second-order valence-electron chi connectivity index (χ2n) is 13.0. The van der Waals surface area contributed by atoms with Gasteiger partial charge in [-0.15, -0.1) is 0 Å². The summed E-state index contributed by atoms with van der Waals surface area (Å²) in [5.74, 6) is -3.37. The Morgan fingerprint density at radius 2 is 1.11 bits per heavy atom. The van der Waals surface area contributed by atoms with E-state index in [0.717, 1.165) is 6.08 Å². The molecule has 5 heterocycles. The molecule has 0 aliphatic heterocycles. The maximum Gasteiger partial charge on any atom is 0.328 e. The van der Waals surface area contributed by atoms with Crippen molar-refractivity contribution in [2.75, 3.05) is 33.1 Å². The van der Waals surface area contributed by atoms with Gasteiger partial charge in [0.15, 0.2) is 11.6 Å². The molecule has 0 aromatic carbocycles. The summed E-state index contributed by atoms with van der Waals surface area (Å²) in [4.78, 5) is 94.9. The van der Waals surface area contributed by atoms with E-state index < -0.39 is 29.6 Å². The lowest BCUT2D eigenvalue weighted by Gasteiger charge is -2.06. The van der Waals surface area contributed by atoms with Gasteiger partial charge in [-0.2, -0.15) is 0 Å². The van der Waals surface area contributed by atoms with E-state index in [2.05, 4.69) is 41.9 Å². The number of carboxylic acid groups (broad SMARTS) is 1. The molecule has 0 spiro atoms. The highest BCUT2D eigenvalue weighted by atomic mass is 16.4. The van der Waals surface area contributed by atoms with E-state index in [0.29, 0.717) is 29.2 Å². The molecule has 21 nitrogen and oxygen atoms in total. The van der Waals surface area contributed by atoms with Crippen molar-refractivity contribution >= 4 is 76.2 Å². The predicted octanol–water partition coefficient (Wildman–Crippen LogP) is 2.13. The van der Waals surface area contributed by atoms with Gasteiger partial charge in [-0.05, 0) is 30.7 Å². The number of aromatic nitrogens is 7. The minimum atomic E-state index is -1.10. The summed E-state index contributed by atoms with van der Waals surface area (Å²) in [6.45, 7) is 1.49. The van der Waals surface area contributed by atoms with Crippen LogP contribution in [0.5, 0.6) is 0 Å². The Bertz CT molecular complexity index is 2420. The number of carbonyl (C=O) groups is 7. The number of aliphatic carboxylic acids is 1. The number of rotatable bonds is 15. The van der Waals surface area contributed by atoms with Gasteiger partial charge in [0.1, 0.15) is 11.4 Å². The van der Waals surface area contributed by atoms with E-state index in [-0.39, 0.29) is 59.5 Å². The van der Waals surface area contributed by atoms with Crippen LogP contribution in [0.1, 0.15) is 67.7 Å². The fourth-order valence-corrected chi connectivity index (χ4v) is 5.66. The zero-order chi connectivity index (χ0) is 41.6. The Hall–Kier alpha value is -7.71. The Labute approximate surface area is 324 Å². The van der Waals surface area contributed by atoms with E-state index in [4.69, 9.17) is 5.11 Å². The second-order valence-corrected chi connectivity index (χ2v) is 13.0. The van der Waals surface area contributed by atoms with Crippen molar-refractivity contribution in [1.29, 1.82) is 0 Å². The SMILES string of the molecule is CC(=O)Nc1cn(C)c(C(=O)Nc2cc(C(=O)Nc3cc(C(=O)NCCCC(=O)Nc4cn(C)c(C(=O)Nc5cc(/C=C/C(=O)O)n(C)c5)n4)n(C)c3)n(C)c2)n1. The van der Waals surface area contributed by atoms with E-state index in [1.165, 1.54) is 51.2 Å². The van der Waals surface area contributed by atoms with Gasteiger partial charge in [-0.25, -0.2) is 14.8 Å². The maximum atomic E-state index is 13.1. The van der Waals surface area contributed by atoms with Gasteiger partial charge in [0.05, 0.1) is 17.1 Å². The molecule has 0 atom stereocenters. The zero-order valence-electron chi connectivity index (χ0n) is 31.8. The largest absolute Gasteiger partial charge is 0.478 e. The molecule has 298 valence electrons. The minimum Gasteiger partial charge on any atom is -0.478 e. The van der Waals surface area contributed by atoms with Crippen LogP contribution in [0.25, 0.3) is 6.08 Å². The van der Waals surface area contributed by atoms with Crippen LogP contribution in [-0.4, -0.2) is 85.9 Å². The number of hydrogen-bond acceptors (Lipinski definition) is 9. The van der Waals surface area contributed by atoms with Gasteiger partial charge in [0.25, 0.3) is 23.6 Å². The second kappa shape index (κ2) is 17.2. The van der Waals surface area contributed by atoms with Crippen LogP contribution in [0.4, 0.5) is 28.7 Å². The third kappa shape index (κ3) is 10.3. The van der Waals surface area contributed by atoms with Gasteiger partial charge < -0.3 is 59.8 Å². The van der Waals surface area contributed by atoms with Crippen molar-refractivity contribution in [3.63, 3.8) is 0 Å². The molecule has 0 radical (unpaired) electrons. The fourth-order valence-electron chi connectivity index (χ4n) is 5.66. The van der Waals surface area contributed by atoms with Crippen LogP contribution in [0.15, 0.2) is 55.3 Å². The number of anilines is 5. The zero-order valence-corrected chi connectivity index (χ0v) is 31.8. The molecule has 0 saturated heterocycles. The van der Waals surface area contributed by atoms with Crippen LogP contribution in [0.2, 0.25) is 0 Å². The van der Waals surface area contributed by atoms with Gasteiger partial charge in [0.2, 0.25) is 23.5 Å². The number of carboxylic acids is 1. The highest BCUT2D eigenvalue weighted by molar-refractivity contribution is 6.07. The summed E-state index contributed by atoms with van der Waals surface area (Å²) in [5, 5.41) is 24.9. The summed E-state index contributed by atoms with van der Waals surface area (Å²) in [6.07, 6.45) is 10.4. The maximum absolute atomic E-state index is 13.1. The summed E-state index contributed by atoms with van der Waals surface area (Å²) in [5.41, 5.74) is 2.14. The monoisotopic (exact) mass is 783 g/mol. The molecule has 6 amide bonds. The third-order valence-electron chi connectivity index (χ3n) is 8.29. The first-order valence-electron chi connectivity index (χ1n) is 17.2. The molecule has 5 aromatic rings. The van der Waals surface area contributed by atoms with Crippen molar-refractivity contribution in [2.24, 2.45) is 35.2 Å². The number of imidazole rings is 2. The Morgan fingerprint density at radius 1 is 0.614 bits per heavy atom. The smallest absolute Gasteiger partial charge is 0.328 e. The lowest BCUT2D eigenvalue weighted by Crippen LogP contribution is -2.27. The molecular formula is C36H41N13O8. The lowest BCUT2D eigenvalue weighted by molar-refractivity contribution is -0.131. The van der Waals surface area contributed by atoms with Crippen LogP contribution < -0.4 is 31.9 Å². The predicted molar refractivity (Wildman–Crippen MR) is 208 cm³/mol. The van der Waals surface area contributed by atoms with Crippen molar-refractivity contribution in [1.82, 2.24) is 38.1 Å². The Kier molecular flexibility index (Phi) is 12.2. The van der Waals surface area contributed by atoms with Crippen LogP contribution in [-0.2, 0) is 49.6 Å². The quantitative estimate of drug-likeness (QED) is 0.0601. The molecule has 5 aromatic heterocycles. The summed E-state index contributed by atoms with van der Waals surface area (Å²) in [7, 11) is 8.17. The van der Waals surface area contributed by atoms with E-state index >= 15 is 0 Å². The highest BCUT2D eigenvalue weighted by Crippen LogP contribution is 2.20. The van der Waals surface area contributed by atoms with E-state index in [1.807, 2.05) is 0 Å². The Balaban J connectivity index is 1.07. The first-order valence-corrected chi connectivity index (χ1v) is 17.2. The first kappa shape index (κ1) is 40.5. The molecular weight excluding hydrogens is 742 g/mol. The molecule has 0 bridgehead atoms. The van der Waals surface area contributed by atoms with Crippen molar-refractivity contribution in [2.45, 2.75) is 19.8 Å². The molecule has 21 heteroatoms. The standard InChI is InChI=1S/C36H41N13O8/c1-20(50)38-27-18-48(5)31(43-27)36(57)41-23-14-26(47(4)17-23)34(55)39-22-13-25(46(3)16-22)33(54)37-11-7-8-29(51)42-28-19-49(6)32(44-28)35(56)40-21-12-24(45(2)15-21)9-10-30(52)53/h9-10,12-19H,7-8,11H2,1-6H3,(H,37,54)(H,38,50)(H,39,55)(H,40,56)(H,41,57)(H,42,51)(H,52,53)/b10-9+.